The third-order valence-corrected chi connectivity index (χ3v) is 3.89. The second-order valence-electron chi connectivity index (χ2n) is 6.13. The van der Waals surface area contributed by atoms with E-state index in [1.54, 1.807) is 21.3 Å². The molecule has 30 heavy (non-hydrogen) atoms. The van der Waals surface area contributed by atoms with Crippen molar-refractivity contribution >= 4 is 16.7 Å². The third kappa shape index (κ3) is 6.86. The van der Waals surface area contributed by atoms with Crippen LogP contribution in [0.5, 0.6) is 17.2 Å². The summed E-state index contributed by atoms with van der Waals surface area (Å²) in [5, 5.41) is 9.30. The van der Waals surface area contributed by atoms with Crippen LogP contribution in [-0.2, 0) is 24.9 Å². The summed E-state index contributed by atoms with van der Waals surface area (Å²) in [5.41, 5.74) is 2.51. The molecule has 0 saturated carbocycles. The number of nitrogens with zero attached hydrogens (tertiary/aromatic N) is 1. The molecule has 0 aliphatic carbocycles. The minimum atomic E-state index is -0.125. The van der Waals surface area contributed by atoms with Gasteiger partial charge in [0, 0.05) is 49.4 Å². The standard InChI is InChI=1S/C18H16NO3.C5H8O2.Ir/c1-20-13-6-4-5-12(9-13)16-8-7-15-17(19-16)10-14(21-2)11-18(15)22-3;1-4(6)3-5(2)7;/h4,6-11H,1-3H3;3,6H,1-2H3;/q-1;;/b;4-3-;. The first-order valence-electron chi connectivity index (χ1n) is 8.84. The van der Waals surface area contributed by atoms with Crippen molar-refractivity contribution in [2.24, 2.45) is 0 Å². The fourth-order valence-corrected chi connectivity index (χ4v) is 2.63. The van der Waals surface area contributed by atoms with E-state index in [1.807, 2.05) is 42.5 Å². The minimum absolute atomic E-state index is 0. The largest absolute Gasteiger partial charge is 0.516 e. The third-order valence-electron chi connectivity index (χ3n) is 3.89. The van der Waals surface area contributed by atoms with Gasteiger partial charge in [-0.15, -0.1) is 29.8 Å². The maximum atomic E-state index is 10.0. The molecule has 0 amide bonds. The van der Waals surface area contributed by atoms with Gasteiger partial charge in [0.1, 0.15) is 11.5 Å². The van der Waals surface area contributed by atoms with Crippen molar-refractivity contribution in [2.45, 2.75) is 13.8 Å². The molecule has 3 aromatic rings. The van der Waals surface area contributed by atoms with Crippen molar-refractivity contribution in [3.05, 3.63) is 60.4 Å². The van der Waals surface area contributed by atoms with E-state index in [0.717, 1.165) is 33.7 Å². The summed E-state index contributed by atoms with van der Waals surface area (Å²) in [4.78, 5) is 14.7. The zero-order chi connectivity index (χ0) is 21.4. The van der Waals surface area contributed by atoms with Crippen molar-refractivity contribution in [3.63, 3.8) is 0 Å². The number of rotatable bonds is 5. The predicted molar refractivity (Wildman–Crippen MR) is 113 cm³/mol. The Bertz CT molecular complexity index is 1030. The van der Waals surface area contributed by atoms with Crippen LogP contribution in [0.2, 0.25) is 0 Å². The van der Waals surface area contributed by atoms with Crippen LogP contribution in [0, 0.1) is 6.07 Å². The number of hydrogen-bond donors (Lipinski definition) is 1. The summed E-state index contributed by atoms with van der Waals surface area (Å²) >= 11 is 0. The van der Waals surface area contributed by atoms with Crippen molar-refractivity contribution in [1.29, 1.82) is 0 Å². The zero-order valence-corrected chi connectivity index (χ0v) is 19.9. The van der Waals surface area contributed by atoms with Gasteiger partial charge in [-0.1, -0.05) is 12.1 Å². The molecule has 0 fully saturated rings. The molecule has 1 heterocycles. The number of benzene rings is 2. The van der Waals surface area contributed by atoms with E-state index in [4.69, 9.17) is 24.3 Å². The second kappa shape index (κ2) is 12.0. The van der Waals surface area contributed by atoms with Crippen LogP contribution in [0.15, 0.2) is 54.3 Å². The van der Waals surface area contributed by atoms with E-state index in [0.29, 0.717) is 5.75 Å². The number of carbonyl (C=O) groups excluding carboxylic acids is 1. The van der Waals surface area contributed by atoms with Gasteiger partial charge in [0.05, 0.1) is 32.6 Å². The SMILES string of the molecule is CC(=O)/C=C(/C)O.COc1cc[c-]c(-c2ccc3c(OC)cc(OC)cc3n2)c1.[Ir]. The molecule has 2 aromatic carbocycles. The summed E-state index contributed by atoms with van der Waals surface area (Å²) in [6.07, 6.45) is 1.17. The summed E-state index contributed by atoms with van der Waals surface area (Å²) in [6.45, 7) is 2.85. The average molecular weight is 587 g/mol. The molecule has 161 valence electrons. The zero-order valence-electron chi connectivity index (χ0n) is 17.5. The molecule has 1 aromatic heterocycles. The molecule has 0 bridgehead atoms. The van der Waals surface area contributed by atoms with E-state index >= 15 is 0 Å². The van der Waals surface area contributed by atoms with Gasteiger partial charge in [0.15, 0.2) is 5.78 Å². The molecular weight excluding hydrogens is 562 g/mol. The Morgan fingerprint density at radius 1 is 1.00 bits per heavy atom. The first kappa shape index (κ1) is 25.1. The fraction of sp³-hybridized carbons (Fsp3) is 0.217. The molecule has 0 unspecified atom stereocenters. The fourth-order valence-electron chi connectivity index (χ4n) is 2.63. The van der Waals surface area contributed by atoms with Crippen LogP contribution in [0.1, 0.15) is 13.8 Å². The Morgan fingerprint density at radius 2 is 1.70 bits per heavy atom. The molecule has 0 atom stereocenters. The summed E-state index contributed by atoms with van der Waals surface area (Å²) in [7, 11) is 4.90. The first-order valence-corrected chi connectivity index (χ1v) is 8.84. The number of ether oxygens (including phenoxy) is 3. The number of aromatic nitrogens is 1. The van der Waals surface area contributed by atoms with E-state index in [1.165, 1.54) is 19.9 Å². The molecule has 1 radical (unpaired) electrons. The van der Waals surface area contributed by atoms with Crippen molar-refractivity contribution in [2.75, 3.05) is 21.3 Å². The minimum Gasteiger partial charge on any atom is -0.516 e. The monoisotopic (exact) mass is 587 g/mol. The Balaban J connectivity index is 0.000000489. The summed E-state index contributed by atoms with van der Waals surface area (Å²) in [5.74, 6) is 2.16. The molecule has 3 rings (SSSR count). The molecule has 6 nitrogen and oxygen atoms in total. The van der Waals surface area contributed by atoms with Gasteiger partial charge in [-0.25, -0.2) is 0 Å². The van der Waals surface area contributed by atoms with Crippen molar-refractivity contribution < 1.29 is 44.2 Å². The molecular formula is C23H24IrNO5-. The number of aliphatic hydroxyl groups excluding tert-OH is 1. The molecule has 0 spiro atoms. The maximum absolute atomic E-state index is 10.0. The second-order valence-corrected chi connectivity index (χ2v) is 6.13. The Labute approximate surface area is 189 Å². The average Bonchev–Trinajstić information content (AvgIpc) is 2.71. The summed E-state index contributed by atoms with van der Waals surface area (Å²) < 4.78 is 16.0. The molecule has 1 N–H and O–H groups in total. The van der Waals surface area contributed by atoms with Gasteiger partial charge in [-0.2, -0.15) is 0 Å². The predicted octanol–water partition coefficient (Wildman–Crippen LogP) is 4.76. The van der Waals surface area contributed by atoms with Crippen LogP contribution in [0.25, 0.3) is 22.2 Å². The van der Waals surface area contributed by atoms with E-state index in [9.17, 15) is 4.79 Å². The number of allylic oxidation sites excluding steroid dienone is 2. The number of methoxy groups -OCH3 is 3. The number of pyridine rings is 1. The molecule has 7 heteroatoms. The topological polar surface area (TPSA) is 77.9 Å². The number of carbonyl (C=O) groups is 1. The van der Waals surface area contributed by atoms with Gasteiger partial charge in [0.25, 0.3) is 0 Å². The van der Waals surface area contributed by atoms with Gasteiger partial charge in [-0.05, 0) is 19.5 Å². The first-order chi connectivity index (χ1) is 13.9. The van der Waals surface area contributed by atoms with Crippen LogP contribution >= 0.6 is 0 Å². The van der Waals surface area contributed by atoms with Crippen molar-refractivity contribution in [1.82, 2.24) is 4.98 Å². The molecule has 0 aliphatic heterocycles. The van der Waals surface area contributed by atoms with Gasteiger partial charge in [-0.3, -0.25) is 9.78 Å². The summed E-state index contributed by atoms with van der Waals surface area (Å²) in [6, 6.07) is 16.4. The van der Waals surface area contributed by atoms with E-state index in [2.05, 4.69) is 6.07 Å². The van der Waals surface area contributed by atoms with Gasteiger partial charge in [0.2, 0.25) is 0 Å². The quantitative estimate of drug-likeness (QED) is 0.264. The Hall–Kier alpha value is -2.89. The molecule has 0 aliphatic rings. The number of hydrogen-bond acceptors (Lipinski definition) is 6. The maximum Gasteiger partial charge on any atom is 0.155 e. The van der Waals surface area contributed by atoms with Crippen LogP contribution in [0.3, 0.4) is 0 Å². The smallest absolute Gasteiger partial charge is 0.155 e. The van der Waals surface area contributed by atoms with E-state index in [-0.39, 0.29) is 31.6 Å². The normalized spacial score (nSPS) is 10.4. The van der Waals surface area contributed by atoms with E-state index < -0.39 is 0 Å². The van der Waals surface area contributed by atoms with Crippen LogP contribution in [-0.4, -0.2) is 37.2 Å². The van der Waals surface area contributed by atoms with Gasteiger partial charge >= 0.3 is 0 Å². The van der Waals surface area contributed by atoms with Crippen LogP contribution < -0.4 is 14.2 Å². The Kier molecular flexibility index (Phi) is 10.0. The van der Waals surface area contributed by atoms with Gasteiger partial charge < -0.3 is 19.3 Å². The number of ketones is 1. The number of fused-ring (bicyclic) bond motifs is 1. The Morgan fingerprint density at radius 3 is 2.23 bits per heavy atom. The van der Waals surface area contributed by atoms with Crippen LogP contribution in [0.4, 0.5) is 0 Å². The van der Waals surface area contributed by atoms with Crippen molar-refractivity contribution in [3.8, 4) is 28.5 Å². The molecule has 0 saturated heterocycles. The number of aliphatic hydroxyl groups is 1.